The number of urea groups is 1. The van der Waals surface area contributed by atoms with E-state index in [1.54, 1.807) is 13.8 Å². The number of carbonyl (C=O) groups excluding carboxylic acids is 4. The van der Waals surface area contributed by atoms with E-state index in [4.69, 9.17) is 5.73 Å². The molecule has 0 radical (unpaired) electrons. The summed E-state index contributed by atoms with van der Waals surface area (Å²) >= 11 is 0. The van der Waals surface area contributed by atoms with E-state index in [2.05, 4.69) is 10.6 Å². The lowest BCUT2D eigenvalue weighted by Gasteiger charge is -2.36. The molecular formula is C18H32ClN5O4. The topological polar surface area (TPSA) is 125 Å². The lowest BCUT2D eigenvalue weighted by molar-refractivity contribution is -0.136. The van der Waals surface area contributed by atoms with Crippen LogP contribution in [0.3, 0.4) is 0 Å². The zero-order valence-corrected chi connectivity index (χ0v) is 17.5. The molecule has 2 rings (SSSR count). The van der Waals surface area contributed by atoms with Crippen LogP contribution in [0.5, 0.6) is 0 Å². The Kier molecular flexibility index (Phi) is 9.16. The second-order valence-corrected chi connectivity index (χ2v) is 7.69. The molecule has 2 saturated heterocycles. The van der Waals surface area contributed by atoms with Gasteiger partial charge in [-0.1, -0.05) is 0 Å². The Morgan fingerprint density at radius 3 is 2.57 bits per heavy atom. The normalized spacial score (nSPS) is 21.2. The monoisotopic (exact) mass is 417 g/mol. The summed E-state index contributed by atoms with van der Waals surface area (Å²) in [7, 11) is 0. The molecule has 160 valence electrons. The Morgan fingerprint density at radius 1 is 1.25 bits per heavy atom. The van der Waals surface area contributed by atoms with Gasteiger partial charge in [0.15, 0.2) is 0 Å². The average molecular weight is 418 g/mol. The van der Waals surface area contributed by atoms with Crippen molar-refractivity contribution in [2.45, 2.75) is 64.0 Å². The molecular weight excluding hydrogens is 386 g/mol. The number of likely N-dealkylation sites (tertiary alicyclic amines) is 1. The Labute approximate surface area is 172 Å². The van der Waals surface area contributed by atoms with Gasteiger partial charge in [-0.25, -0.2) is 4.79 Å². The number of piperidine rings is 1. The van der Waals surface area contributed by atoms with Crippen molar-refractivity contribution in [1.82, 2.24) is 20.4 Å². The van der Waals surface area contributed by atoms with Gasteiger partial charge in [-0.05, 0) is 39.5 Å². The maximum Gasteiger partial charge on any atom is 0.325 e. The molecule has 2 fully saturated rings. The minimum absolute atomic E-state index is 0. The molecule has 2 aliphatic rings. The van der Waals surface area contributed by atoms with E-state index in [1.807, 2.05) is 4.90 Å². The van der Waals surface area contributed by atoms with Crippen LogP contribution in [0.2, 0.25) is 0 Å². The Bertz CT molecular complexity index is 599. The molecule has 1 unspecified atom stereocenters. The molecule has 4 N–H and O–H groups in total. The molecule has 28 heavy (non-hydrogen) atoms. The van der Waals surface area contributed by atoms with Crippen molar-refractivity contribution in [3.8, 4) is 0 Å². The number of nitrogens with two attached hydrogens (primary N) is 1. The average Bonchev–Trinajstić information content (AvgIpc) is 2.81. The summed E-state index contributed by atoms with van der Waals surface area (Å²) < 4.78 is 0. The SMILES string of the molecule is CC1(C)NC(=O)N(CCCC(=O)N2CCCCC2CNC(=O)CCN)C1=O.Cl. The van der Waals surface area contributed by atoms with Crippen LogP contribution in [0.1, 0.15) is 52.4 Å². The fourth-order valence-corrected chi connectivity index (χ4v) is 3.55. The highest BCUT2D eigenvalue weighted by Crippen LogP contribution is 2.20. The second-order valence-electron chi connectivity index (χ2n) is 7.69. The Hall–Kier alpha value is -1.87. The van der Waals surface area contributed by atoms with Gasteiger partial charge in [0.05, 0.1) is 0 Å². The largest absolute Gasteiger partial charge is 0.354 e. The number of hydrogen-bond acceptors (Lipinski definition) is 5. The van der Waals surface area contributed by atoms with E-state index in [1.165, 1.54) is 4.90 Å². The van der Waals surface area contributed by atoms with E-state index < -0.39 is 11.6 Å². The number of nitrogens with one attached hydrogen (secondary N) is 2. The molecule has 2 heterocycles. The molecule has 0 aromatic carbocycles. The minimum atomic E-state index is -0.888. The van der Waals surface area contributed by atoms with Crippen molar-refractivity contribution in [3.05, 3.63) is 0 Å². The summed E-state index contributed by atoms with van der Waals surface area (Å²) in [5.74, 6) is -0.367. The van der Waals surface area contributed by atoms with Crippen LogP contribution in [-0.2, 0) is 14.4 Å². The Balaban J connectivity index is 0.00000392. The number of amides is 5. The summed E-state index contributed by atoms with van der Waals surface area (Å²) in [5.41, 5.74) is 4.49. The highest BCUT2D eigenvalue weighted by molar-refractivity contribution is 6.06. The van der Waals surface area contributed by atoms with Crippen LogP contribution in [0, 0.1) is 0 Å². The van der Waals surface area contributed by atoms with Crippen LogP contribution < -0.4 is 16.4 Å². The van der Waals surface area contributed by atoms with Crippen molar-refractivity contribution in [1.29, 1.82) is 0 Å². The fraction of sp³-hybridized carbons (Fsp3) is 0.778. The fourth-order valence-electron chi connectivity index (χ4n) is 3.55. The maximum atomic E-state index is 12.6. The second kappa shape index (κ2) is 10.6. The van der Waals surface area contributed by atoms with Crippen LogP contribution >= 0.6 is 12.4 Å². The van der Waals surface area contributed by atoms with Crippen LogP contribution in [0.4, 0.5) is 4.79 Å². The molecule has 0 aromatic heterocycles. The van der Waals surface area contributed by atoms with Gasteiger partial charge < -0.3 is 21.3 Å². The first-order valence-corrected chi connectivity index (χ1v) is 9.66. The quantitative estimate of drug-likeness (QED) is 0.492. The molecule has 0 saturated carbocycles. The molecule has 9 nitrogen and oxygen atoms in total. The van der Waals surface area contributed by atoms with E-state index in [9.17, 15) is 19.2 Å². The molecule has 0 aliphatic carbocycles. The predicted molar refractivity (Wildman–Crippen MR) is 107 cm³/mol. The summed E-state index contributed by atoms with van der Waals surface area (Å²) in [6, 6.07) is -0.417. The van der Waals surface area contributed by atoms with E-state index in [0.29, 0.717) is 26.1 Å². The number of halogens is 1. The van der Waals surface area contributed by atoms with Crippen LogP contribution in [-0.4, -0.2) is 71.3 Å². The molecule has 1 atom stereocenters. The maximum absolute atomic E-state index is 12.6. The summed E-state index contributed by atoms with van der Waals surface area (Å²) in [6.45, 7) is 4.97. The number of carbonyl (C=O) groups is 4. The first-order chi connectivity index (χ1) is 12.8. The van der Waals surface area contributed by atoms with Crippen molar-refractivity contribution in [2.75, 3.05) is 26.2 Å². The lowest BCUT2D eigenvalue weighted by Crippen LogP contribution is -2.49. The summed E-state index contributed by atoms with van der Waals surface area (Å²) in [4.78, 5) is 51.3. The van der Waals surface area contributed by atoms with E-state index in [0.717, 1.165) is 19.3 Å². The molecule has 0 spiro atoms. The van der Waals surface area contributed by atoms with Gasteiger partial charge in [0.1, 0.15) is 5.54 Å². The van der Waals surface area contributed by atoms with Gasteiger partial charge in [0, 0.05) is 45.1 Å². The minimum Gasteiger partial charge on any atom is -0.354 e. The molecule has 0 aromatic rings. The number of hydrogen-bond donors (Lipinski definition) is 3. The zero-order chi connectivity index (χ0) is 20.0. The summed E-state index contributed by atoms with van der Waals surface area (Å²) in [6.07, 6.45) is 3.80. The third-order valence-electron chi connectivity index (χ3n) is 5.07. The number of imide groups is 1. The number of rotatable bonds is 8. The first kappa shape index (κ1) is 24.2. The van der Waals surface area contributed by atoms with Gasteiger partial charge in [-0.3, -0.25) is 19.3 Å². The van der Waals surface area contributed by atoms with Gasteiger partial charge in [-0.15, -0.1) is 12.4 Å². The molecule has 2 aliphatic heterocycles. The molecule has 10 heteroatoms. The highest BCUT2D eigenvalue weighted by Gasteiger charge is 2.43. The molecule has 0 bridgehead atoms. The van der Waals surface area contributed by atoms with Crippen LogP contribution in [0.15, 0.2) is 0 Å². The van der Waals surface area contributed by atoms with Crippen molar-refractivity contribution in [2.24, 2.45) is 5.73 Å². The lowest BCUT2D eigenvalue weighted by atomic mass is 10.0. The van der Waals surface area contributed by atoms with E-state index in [-0.39, 0.29) is 55.6 Å². The molecule has 5 amide bonds. The first-order valence-electron chi connectivity index (χ1n) is 9.66. The van der Waals surface area contributed by atoms with Gasteiger partial charge in [0.2, 0.25) is 11.8 Å². The third kappa shape index (κ3) is 6.07. The standard InChI is InChI=1S/C18H31N5O4.ClH/c1-18(2)16(26)23(17(27)21-18)11-5-7-15(25)22-10-4-3-6-13(22)12-20-14(24)8-9-19;/h13H,3-12,19H2,1-2H3,(H,20,24)(H,21,27);1H. The van der Waals surface area contributed by atoms with Crippen LogP contribution in [0.25, 0.3) is 0 Å². The smallest absolute Gasteiger partial charge is 0.325 e. The third-order valence-corrected chi connectivity index (χ3v) is 5.07. The van der Waals surface area contributed by atoms with E-state index >= 15 is 0 Å². The van der Waals surface area contributed by atoms with Gasteiger partial charge in [0.25, 0.3) is 5.91 Å². The van der Waals surface area contributed by atoms with Crippen molar-refractivity contribution < 1.29 is 19.2 Å². The van der Waals surface area contributed by atoms with Gasteiger partial charge >= 0.3 is 6.03 Å². The Morgan fingerprint density at radius 2 is 1.96 bits per heavy atom. The van der Waals surface area contributed by atoms with Crippen molar-refractivity contribution >= 4 is 36.2 Å². The van der Waals surface area contributed by atoms with Crippen molar-refractivity contribution in [3.63, 3.8) is 0 Å². The predicted octanol–water partition coefficient (Wildman–Crippen LogP) is 0.365. The zero-order valence-electron chi connectivity index (χ0n) is 16.7. The number of nitrogens with zero attached hydrogens (tertiary/aromatic N) is 2. The highest BCUT2D eigenvalue weighted by atomic mass is 35.5. The summed E-state index contributed by atoms with van der Waals surface area (Å²) in [5, 5.41) is 5.47. The van der Waals surface area contributed by atoms with Gasteiger partial charge in [-0.2, -0.15) is 0 Å².